The van der Waals surface area contributed by atoms with E-state index in [1.165, 1.54) is 18.9 Å². The Kier molecular flexibility index (Phi) is 3.61. The summed E-state index contributed by atoms with van der Waals surface area (Å²) in [5.41, 5.74) is 0.948. The average Bonchev–Trinajstić information content (AvgIpc) is 3.30. The van der Waals surface area contributed by atoms with Gasteiger partial charge >= 0.3 is 5.97 Å². The summed E-state index contributed by atoms with van der Waals surface area (Å²) in [6, 6.07) is 7.94. The van der Waals surface area contributed by atoms with E-state index in [9.17, 15) is 4.79 Å². The highest BCUT2D eigenvalue weighted by molar-refractivity contribution is 8.00. The second-order valence-electron chi connectivity index (χ2n) is 4.96. The number of hydrogen-bond donors (Lipinski definition) is 0. The van der Waals surface area contributed by atoms with Crippen molar-refractivity contribution < 1.29 is 9.53 Å². The van der Waals surface area contributed by atoms with Gasteiger partial charge in [0.25, 0.3) is 0 Å². The van der Waals surface area contributed by atoms with E-state index < -0.39 is 0 Å². The van der Waals surface area contributed by atoms with E-state index in [0.29, 0.717) is 5.92 Å². The predicted molar refractivity (Wildman–Crippen MR) is 78.8 cm³/mol. The third-order valence-electron chi connectivity index (χ3n) is 3.35. The van der Waals surface area contributed by atoms with Crippen molar-refractivity contribution in [3.63, 3.8) is 0 Å². The van der Waals surface area contributed by atoms with Gasteiger partial charge in [-0.1, -0.05) is 30.0 Å². The monoisotopic (exact) mass is 288 g/mol. The van der Waals surface area contributed by atoms with Gasteiger partial charge in [-0.05, 0) is 25.8 Å². The molecule has 0 bridgehead atoms. The number of carbonyl (C=O) groups excluding carboxylic acids is 1. The molecule has 5 heteroatoms. The molecule has 0 radical (unpaired) electrons. The number of methoxy groups -OCH3 is 1. The van der Waals surface area contributed by atoms with Gasteiger partial charge in [0.05, 0.1) is 12.6 Å². The van der Waals surface area contributed by atoms with E-state index in [4.69, 9.17) is 4.74 Å². The predicted octanol–water partition coefficient (Wildman–Crippen LogP) is 3.16. The lowest BCUT2D eigenvalue weighted by atomic mass is 10.2. The highest BCUT2D eigenvalue weighted by Gasteiger charge is 2.28. The Morgan fingerprint density at radius 2 is 2.10 bits per heavy atom. The summed E-state index contributed by atoms with van der Waals surface area (Å²) in [7, 11) is 1.41. The van der Waals surface area contributed by atoms with E-state index in [0.717, 1.165) is 34.6 Å². The molecule has 1 atom stereocenters. The van der Waals surface area contributed by atoms with Crippen molar-refractivity contribution in [1.82, 2.24) is 9.97 Å². The molecule has 0 N–H and O–H groups in total. The zero-order valence-corrected chi connectivity index (χ0v) is 12.3. The lowest BCUT2D eigenvalue weighted by Crippen LogP contribution is -2.15. The number of carbonyl (C=O) groups is 1. The molecule has 3 rings (SSSR count). The number of benzene rings is 1. The van der Waals surface area contributed by atoms with Crippen molar-refractivity contribution in [1.29, 1.82) is 0 Å². The van der Waals surface area contributed by atoms with Crippen LogP contribution in [0.4, 0.5) is 0 Å². The molecule has 1 aromatic carbocycles. The van der Waals surface area contributed by atoms with E-state index in [1.54, 1.807) is 0 Å². The van der Waals surface area contributed by atoms with E-state index >= 15 is 0 Å². The fourth-order valence-corrected chi connectivity index (χ4v) is 3.03. The van der Waals surface area contributed by atoms with Crippen molar-refractivity contribution in [2.24, 2.45) is 0 Å². The quantitative estimate of drug-likeness (QED) is 0.491. The van der Waals surface area contributed by atoms with Crippen LogP contribution in [0.15, 0.2) is 29.3 Å². The van der Waals surface area contributed by atoms with Gasteiger partial charge in [0, 0.05) is 11.3 Å². The molecule has 0 spiro atoms. The number of para-hydroxylation sites is 1. The van der Waals surface area contributed by atoms with Gasteiger partial charge < -0.3 is 4.74 Å². The summed E-state index contributed by atoms with van der Waals surface area (Å²) in [6.45, 7) is 1.84. The van der Waals surface area contributed by atoms with E-state index in [1.807, 2.05) is 31.2 Å². The molecule has 0 unspecified atom stereocenters. The normalized spacial score (nSPS) is 16.1. The lowest BCUT2D eigenvalue weighted by molar-refractivity contribution is -0.139. The van der Waals surface area contributed by atoms with Crippen molar-refractivity contribution in [3.05, 3.63) is 30.1 Å². The fourth-order valence-electron chi connectivity index (χ4n) is 2.06. The number of thioether (sulfide) groups is 1. The summed E-state index contributed by atoms with van der Waals surface area (Å²) in [5, 5.41) is 1.60. The Bertz CT molecular complexity index is 655. The van der Waals surface area contributed by atoms with Gasteiger partial charge in [0.2, 0.25) is 0 Å². The Hall–Kier alpha value is -1.62. The molecule has 104 valence electrons. The molecule has 1 aliphatic rings. The molecule has 1 fully saturated rings. The highest BCUT2D eigenvalue weighted by Crippen LogP contribution is 2.40. The summed E-state index contributed by atoms with van der Waals surface area (Å²) in [5.74, 6) is 1.17. The summed E-state index contributed by atoms with van der Waals surface area (Å²) in [6.07, 6.45) is 2.32. The summed E-state index contributed by atoms with van der Waals surface area (Å²) in [4.78, 5) is 20.9. The topological polar surface area (TPSA) is 52.1 Å². The van der Waals surface area contributed by atoms with Gasteiger partial charge in [0.15, 0.2) is 0 Å². The van der Waals surface area contributed by atoms with E-state index in [-0.39, 0.29) is 11.2 Å². The first-order valence-electron chi connectivity index (χ1n) is 6.70. The second-order valence-corrected chi connectivity index (χ2v) is 6.29. The minimum Gasteiger partial charge on any atom is -0.468 e. The van der Waals surface area contributed by atoms with Crippen molar-refractivity contribution in [3.8, 4) is 0 Å². The van der Waals surface area contributed by atoms with Crippen molar-refractivity contribution >= 4 is 28.6 Å². The van der Waals surface area contributed by atoms with Crippen LogP contribution < -0.4 is 0 Å². The zero-order valence-electron chi connectivity index (χ0n) is 11.5. The molecular formula is C15H16N2O2S. The summed E-state index contributed by atoms with van der Waals surface area (Å²) < 4.78 is 4.78. The zero-order chi connectivity index (χ0) is 14.1. The average molecular weight is 288 g/mol. The van der Waals surface area contributed by atoms with Gasteiger partial charge in [0.1, 0.15) is 16.1 Å². The molecule has 0 saturated heterocycles. The highest BCUT2D eigenvalue weighted by atomic mass is 32.2. The minimum absolute atomic E-state index is 0.231. The van der Waals surface area contributed by atoms with Crippen LogP contribution in [0, 0.1) is 0 Å². The maximum absolute atomic E-state index is 11.6. The molecular weight excluding hydrogens is 272 g/mol. The molecule has 1 saturated carbocycles. The minimum atomic E-state index is -0.273. The Morgan fingerprint density at radius 3 is 2.80 bits per heavy atom. The molecule has 0 aliphatic heterocycles. The lowest BCUT2D eigenvalue weighted by Gasteiger charge is -2.11. The number of aromatic nitrogens is 2. The summed E-state index contributed by atoms with van der Waals surface area (Å²) >= 11 is 1.44. The van der Waals surface area contributed by atoms with Gasteiger partial charge in [-0.3, -0.25) is 4.79 Å². The number of nitrogens with zero attached hydrogens (tertiary/aromatic N) is 2. The van der Waals surface area contributed by atoms with Crippen LogP contribution in [0.2, 0.25) is 0 Å². The van der Waals surface area contributed by atoms with E-state index in [2.05, 4.69) is 9.97 Å². The van der Waals surface area contributed by atoms with Crippen LogP contribution in [0.5, 0.6) is 0 Å². The van der Waals surface area contributed by atoms with Crippen LogP contribution in [0.3, 0.4) is 0 Å². The number of ether oxygens (including phenoxy) is 1. The molecule has 20 heavy (non-hydrogen) atoms. The third kappa shape index (κ3) is 2.63. The second kappa shape index (κ2) is 5.40. The maximum atomic E-state index is 11.6. The van der Waals surface area contributed by atoms with Crippen LogP contribution in [-0.4, -0.2) is 28.3 Å². The van der Waals surface area contributed by atoms with Crippen molar-refractivity contribution in [2.75, 3.05) is 7.11 Å². The fraction of sp³-hybridized carbons (Fsp3) is 0.400. The van der Waals surface area contributed by atoms with Gasteiger partial charge in [-0.2, -0.15) is 0 Å². The number of hydrogen-bond acceptors (Lipinski definition) is 5. The third-order valence-corrected chi connectivity index (χ3v) is 4.43. The molecule has 2 aromatic rings. The SMILES string of the molecule is COC(=O)[C@@H](C)Sc1nc(C2CC2)nc2ccccc12. The first-order chi connectivity index (χ1) is 9.69. The van der Waals surface area contributed by atoms with Gasteiger partial charge in [-0.25, -0.2) is 9.97 Å². The number of rotatable bonds is 4. The van der Waals surface area contributed by atoms with Crippen LogP contribution in [0.1, 0.15) is 31.5 Å². The van der Waals surface area contributed by atoms with Crippen LogP contribution in [-0.2, 0) is 9.53 Å². The van der Waals surface area contributed by atoms with Crippen molar-refractivity contribution in [2.45, 2.75) is 36.0 Å². The molecule has 1 heterocycles. The molecule has 0 amide bonds. The Labute approximate surface area is 121 Å². The maximum Gasteiger partial charge on any atom is 0.318 e. The standard InChI is InChI=1S/C15H16N2O2S/c1-9(15(18)19-2)20-14-11-5-3-4-6-12(11)16-13(17-14)10-7-8-10/h3-6,9-10H,7-8H2,1-2H3/t9-/m1/s1. The number of esters is 1. The Morgan fingerprint density at radius 1 is 1.35 bits per heavy atom. The van der Waals surface area contributed by atoms with Gasteiger partial charge in [-0.15, -0.1) is 0 Å². The first kappa shape index (κ1) is 13.4. The first-order valence-corrected chi connectivity index (χ1v) is 7.58. The van der Waals surface area contributed by atoms with Crippen LogP contribution in [0.25, 0.3) is 10.9 Å². The Balaban J connectivity index is 2.01. The molecule has 1 aromatic heterocycles. The largest absolute Gasteiger partial charge is 0.468 e. The molecule has 4 nitrogen and oxygen atoms in total. The smallest absolute Gasteiger partial charge is 0.318 e. The molecule has 1 aliphatic carbocycles. The van der Waals surface area contributed by atoms with Crippen LogP contribution >= 0.6 is 11.8 Å². The number of fused-ring (bicyclic) bond motifs is 1.